The van der Waals surface area contributed by atoms with Gasteiger partial charge in [0.25, 0.3) is 0 Å². The quantitative estimate of drug-likeness (QED) is 0.611. The van der Waals surface area contributed by atoms with Crippen molar-refractivity contribution in [1.82, 2.24) is 0 Å². The van der Waals surface area contributed by atoms with Crippen molar-refractivity contribution in [3.8, 4) is 0 Å². The smallest absolute Gasteiger partial charge is 0.0622 e. The Labute approximate surface area is 66.5 Å². The third kappa shape index (κ3) is 4.85. The molecule has 0 aliphatic carbocycles. The maximum absolute atomic E-state index is 8.49. The van der Waals surface area contributed by atoms with Gasteiger partial charge in [-0.15, -0.1) is 11.8 Å². The van der Waals surface area contributed by atoms with Crippen LogP contribution in [0.2, 0.25) is 0 Å². The molecule has 2 nitrogen and oxygen atoms in total. The highest BCUT2D eigenvalue weighted by atomic mass is 32.2. The topological polar surface area (TPSA) is 46.2 Å². The van der Waals surface area contributed by atoms with E-state index in [0.717, 1.165) is 11.3 Å². The van der Waals surface area contributed by atoms with Crippen LogP contribution in [0.4, 0.5) is 0 Å². The Kier molecular flexibility index (Phi) is 5.78. The Morgan fingerprint density at radius 2 is 2.40 bits per heavy atom. The molecule has 1 atom stereocenters. The first-order chi connectivity index (χ1) is 4.70. The van der Waals surface area contributed by atoms with Crippen molar-refractivity contribution in [2.24, 2.45) is 5.73 Å². The number of thioether (sulfide) groups is 1. The first-order valence-corrected chi connectivity index (χ1v) is 4.28. The fourth-order valence-electron chi connectivity index (χ4n) is 0.499. The molecule has 0 bridgehead atoms. The number of aliphatic hydroxyl groups excluding tert-OH is 1. The molecule has 0 aromatic heterocycles. The van der Waals surface area contributed by atoms with Crippen LogP contribution < -0.4 is 5.73 Å². The van der Waals surface area contributed by atoms with E-state index in [0.29, 0.717) is 0 Å². The molecule has 0 heterocycles. The molecule has 0 saturated carbocycles. The molecule has 0 rings (SSSR count). The van der Waals surface area contributed by atoms with Gasteiger partial charge >= 0.3 is 0 Å². The molecule has 3 N–H and O–H groups in total. The summed E-state index contributed by atoms with van der Waals surface area (Å²) in [6.07, 6.45) is 2.72. The number of hydrogen-bond acceptors (Lipinski definition) is 3. The highest BCUT2D eigenvalue weighted by molar-refractivity contribution is 8.03. The van der Waals surface area contributed by atoms with Crippen LogP contribution in [0.15, 0.2) is 11.0 Å². The SMILES string of the molecule is CCC(N)S/C(C)=C/CO. The molecule has 0 saturated heterocycles. The van der Waals surface area contributed by atoms with Gasteiger partial charge in [0.2, 0.25) is 0 Å². The number of rotatable bonds is 4. The Morgan fingerprint density at radius 1 is 1.80 bits per heavy atom. The molecule has 0 spiro atoms. The predicted octanol–water partition coefficient (Wildman–Crippen LogP) is 1.31. The standard InChI is InChI=1S/C7H15NOS/c1-3-7(8)10-6(2)4-5-9/h4,7,9H,3,5,8H2,1-2H3/b6-4+. The third-order valence-electron chi connectivity index (χ3n) is 1.12. The van der Waals surface area contributed by atoms with Crippen molar-refractivity contribution < 1.29 is 5.11 Å². The molecule has 10 heavy (non-hydrogen) atoms. The van der Waals surface area contributed by atoms with Crippen LogP contribution in [0, 0.1) is 0 Å². The Balaban J connectivity index is 3.56. The molecular weight excluding hydrogens is 146 g/mol. The van der Waals surface area contributed by atoms with Gasteiger partial charge in [-0.05, 0) is 24.3 Å². The van der Waals surface area contributed by atoms with Gasteiger partial charge in [0.15, 0.2) is 0 Å². The molecule has 3 heteroatoms. The predicted molar refractivity (Wildman–Crippen MR) is 46.7 cm³/mol. The average Bonchev–Trinajstić information content (AvgIpc) is 1.88. The summed E-state index contributed by atoms with van der Waals surface area (Å²) in [6.45, 7) is 4.11. The number of hydrogen-bond donors (Lipinski definition) is 2. The highest BCUT2D eigenvalue weighted by Gasteiger charge is 1.98. The van der Waals surface area contributed by atoms with Crippen LogP contribution in [0.5, 0.6) is 0 Å². The van der Waals surface area contributed by atoms with Crippen LogP contribution in [0.25, 0.3) is 0 Å². The second-order valence-electron chi connectivity index (χ2n) is 2.06. The molecular formula is C7H15NOS. The van der Waals surface area contributed by atoms with Gasteiger partial charge in [-0.25, -0.2) is 0 Å². The summed E-state index contributed by atoms with van der Waals surface area (Å²) in [5.41, 5.74) is 5.64. The fraction of sp³-hybridized carbons (Fsp3) is 0.714. The molecule has 0 fully saturated rings. The van der Waals surface area contributed by atoms with E-state index < -0.39 is 0 Å². The first kappa shape index (κ1) is 10.0. The normalized spacial score (nSPS) is 15.4. The van der Waals surface area contributed by atoms with Crippen LogP contribution >= 0.6 is 11.8 Å². The van der Waals surface area contributed by atoms with E-state index in [2.05, 4.69) is 0 Å². The van der Waals surface area contributed by atoms with E-state index in [1.807, 2.05) is 13.8 Å². The second kappa shape index (κ2) is 5.77. The number of nitrogens with two attached hydrogens (primary N) is 1. The van der Waals surface area contributed by atoms with Gasteiger partial charge in [-0.1, -0.05) is 6.92 Å². The van der Waals surface area contributed by atoms with E-state index in [4.69, 9.17) is 10.8 Å². The lowest BCUT2D eigenvalue weighted by molar-refractivity contribution is 0.342. The van der Waals surface area contributed by atoms with Gasteiger partial charge in [0.1, 0.15) is 0 Å². The van der Waals surface area contributed by atoms with Crippen molar-refractivity contribution in [3.05, 3.63) is 11.0 Å². The van der Waals surface area contributed by atoms with E-state index in [-0.39, 0.29) is 12.0 Å². The summed E-state index contributed by atoms with van der Waals surface area (Å²) in [6, 6.07) is 0. The van der Waals surface area contributed by atoms with Gasteiger partial charge in [-0.2, -0.15) is 0 Å². The fourth-order valence-corrected chi connectivity index (χ4v) is 1.31. The average molecular weight is 161 g/mol. The number of allylic oxidation sites excluding steroid dienone is 1. The maximum atomic E-state index is 8.49. The summed E-state index contributed by atoms with van der Waals surface area (Å²) >= 11 is 1.60. The minimum atomic E-state index is 0.106. The Morgan fingerprint density at radius 3 is 2.80 bits per heavy atom. The van der Waals surface area contributed by atoms with Crippen LogP contribution in [0.1, 0.15) is 20.3 Å². The van der Waals surface area contributed by atoms with E-state index >= 15 is 0 Å². The summed E-state index contributed by atoms with van der Waals surface area (Å²) in [5.74, 6) is 0. The second-order valence-corrected chi connectivity index (χ2v) is 3.55. The summed E-state index contributed by atoms with van der Waals surface area (Å²) in [5, 5.41) is 8.66. The van der Waals surface area contributed by atoms with Gasteiger partial charge in [0, 0.05) is 0 Å². The van der Waals surface area contributed by atoms with Crippen molar-refractivity contribution in [1.29, 1.82) is 0 Å². The first-order valence-electron chi connectivity index (χ1n) is 3.40. The molecule has 1 unspecified atom stereocenters. The van der Waals surface area contributed by atoms with Crippen molar-refractivity contribution in [2.45, 2.75) is 25.6 Å². The van der Waals surface area contributed by atoms with Crippen LogP contribution in [-0.2, 0) is 0 Å². The molecule has 0 aromatic carbocycles. The van der Waals surface area contributed by atoms with E-state index in [1.165, 1.54) is 0 Å². The molecule has 60 valence electrons. The highest BCUT2D eigenvalue weighted by Crippen LogP contribution is 2.18. The van der Waals surface area contributed by atoms with E-state index in [9.17, 15) is 0 Å². The van der Waals surface area contributed by atoms with Crippen molar-refractivity contribution in [3.63, 3.8) is 0 Å². The lowest BCUT2D eigenvalue weighted by Gasteiger charge is -2.07. The number of aliphatic hydroxyl groups is 1. The zero-order valence-corrected chi connectivity index (χ0v) is 7.32. The van der Waals surface area contributed by atoms with Crippen molar-refractivity contribution >= 4 is 11.8 Å². The van der Waals surface area contributed by atoms with Crippen molar-refractivity contribution in [2.75, 3.05) is 6.61 Å². The molecule has 0 radical (unpaired) electrons. The molecule has 0 aliphatic heterocycles. The summed E-state index contributed by atoms with van der Waals surface area (Å²) in [7, 11) is 0. The zero-order valence-electron chi connectivity index (χ0n) is 6.50. The van der Waals surface area contributed by atoms with Crippen LogP contribution in [0.3, 0.4) is 0 Å². The largest absolute Gasteiger partial charge is 0.392 e. The van der Waals surface area contributed by atoms with Crippen LogP contribution in [-0.4, -0.2) is 17.1 Å². The van der Waals surface area contributed by atoms with Gasteiger partial charge < -0.3 is 10.8 Å². The minimum Gasteiger partial charge on any atom is -0.392 e. The third-order valence-corrected chi connectivity index (χ3v) is 2.29. The monoisotopic (exact) mass is 161 g/mol. The van der Waals surface area contributed by atoms with Gasteiger partial charge in [0.05, 0.1) is 12.0 Å². The lowest BCUT2D eigenvalue weighted by atomic mass is 10.5. The summed E-state index contributed by atoms with van der Waals surface area (Å²) in [4.78, 5) is 1.09. The Bertz CT molecular complexity index is 114. The molecule has 0 aliphatic rings. The van der Waals surface area contributed by atoms with E-state index in [1.54, 1.807) is 17.8 Å². The molecule has 0 aromatic rings. The zero-order chi connectivity index (χ0) is 7.98. The Hall–Kier alpha value is 0.01000. The summed E-state index contributed by atoms with van der Waals surface area (Å²) < 4.78 is 0. The molecule has 0 amide bonds. The van der Waals surface area contributed by atoms with Gasteiger partial charge in [-0.3, -0.25) is 0 Å². The lowest BCUT2D eigenvalue weighted by Crippen LogP contribution is -2.13. The minimum absolute atomic E-state index is 0.106. The maximum Gasteiger partial charge on any atom is 0.0622 e.